The first kappa shape index (κ1) is 17.9. The molecule has 1 fully saturated rings. The Bertz CT molecular complexity index is 453. The lowest BCUT2D eigenvalue weighted by Crippen LogP contribution is -2.28. The second kappa shape index (κ2) is 8.97. The summed E-state index contributed by atoms with van der Waals surface area (Å²) < 4.78 is 13.0. The second-order valence-corrected chi connectivity index (χ2v) is 5.27. The quantitative estimate of drug-likeness (QED) is 0.750. The number of carbonyl (C=O) groups is 1. The van der Waals surface area contributed by atoms with E-state index in [0.717, 1.165) is 25.9 Å². The molecule has 0 aromatic heterocycles. The van der Waals surface area contributed by atoms with Crippen LogP contribution in [0, 0.1) is 11.7 Å². The zero-order valence-electron chi connectivity index (χ0n) is 11.8. The zero-order valence-corrected chi connectivity index (χ0v) is 12.7. The van der Waals surface area contributed by atoms with Crippen molar-refractivity contribution in [3.63, 3.8) is 0 Å². The number of amides is 1. The van der Waals surface area contributed by atoms with Gasteiger partial charge in [-0.25, -0.2) is 4.39 Å². The molecule has 1 aliphatic heterocycles. The molecule has 3 N–H and O–H groups in total. The van der Waals surface area contributed by atoms with Gasteiger partial charge < -0.3 is 15.7 Å². The van der Waals surface area contributed by atoms with E-state index in [0.29, 0.717) is 17.9 Å². The molecule has 1 amide bonds. The molecule has 1 heterocycles. The van der Waals surface area contributed by atoms with Gasteiger partial charge in [0, 0.05) is 13.0 Å². The highest BCUT2D eigenvalue weighted by atomic mass is 35.5. The highest BCUT2D eigenvalue weighted by Gasteiger charge is 2.16. The summed E-state index contributed by atoms with van der Waals surface area (Å²) in [7, 11) is 0. The minimum atomic E-state index is -0.872. The Morgan fingerprint density at radius 3 is 3.00 bits per heavy atom. The molecule has 2 atom stereocenters. The normalized spacial score (nSPS) is 18.9. The molecule has 0 saturated carbocycles. The first-order chi connectivity index (χ1) is 9.65. The number of hydrogen-bond acceptors (Lipinski definition) is 3. The van der Waals surface area contributed by atoms with E-state index in [1.807, 2.05) is 0 Å². The standard InChI is InChI=1S/C15H21FN2O2.ClH/c16-13-3-1-2-12(8-13)14(19)10-18-15(20)5-4-11-6-7-17-9-11;/h1-3,8,11,14,17,19H,4-7,9-10H2,(H,18,20);1H. The number of halogens is 2. The molecular weight excluding hydrogens is 295 g/mol. The van der Waals surface area contributed by atoms with Crippen molar-refractivity contribution >= 4 is 18.3 Å². The van der Waals surface area contributed by atoms with Crippen LogP contribution >= 0.6 is 12.4 Å². The predicted molar refractivity (Wildman–Crippen MR) is 81.8 cm³/mol. The van der Waals surface area contributed by atoms with Crippen LogP contribution in [0.5, 0.6) is 0 Å². The van der Waals surface area contributed by atoms with Crippen molar-refractivity contribution in [2.75, 3.05) is 19.6 Å². The Kier molecular flexibility index (Phi) is 7.64. The van der Waals surface area contributed by atoms with Crippen LogP contribution in [0.2, 0.25) is 0 Å². The lowest BCUT2D eigenvalue weighted by atomic mass is 10.0. The fourth-order valence-corrected chi connectivity index (χ4v) is 2.43. The van der Waals surface area contributed by atoms with Crippen LogP contribution < -0.4 is 10.6 Å². The second-order valence-electron chi connectivity index (χ2n) is 5.27. The van der Waals surface area contributed by atoms with E-state index in [2.05, 4.69) is 10.6 Å². The summed E-state index contributed by atoms with van der Waals surface area (Å²) in [6.07, 6.45) is 1.60. The molecule has 1 aromatic carbocycles. The molecule has 4 nitrogen and oxygen atoms in total. The smallest absolute Gasteiger partial charge is 0.220 e. The minimum absolute atomic E-state index is 0. The monoisotopic (exact) mass is 316 g/mol. The lowest BCUT2D eigenvalue weighted by molar-refractivity contribution is -0.121. The number of aliphatic hydroxyl groups excluding tert-OH is 1. The summed E-state index contributed by atoms with van der Waals surface area (Å²) in [5, 5.41) is 15.8. The molecular formula is C15H22ClFN2O2. The van der Waals surface area contributed by atoms with E-state index in [1.54, 1.807) is 12.1 Å². The highest BCUT2D eigenvalue weighted by Crippen LogP contribution is 2.15. The Morgan fingerprint density at radius 2 is 2.33 bits per heavy atom. The summed E-state index contributed by atoms with van der Waals surface area (Å²) >= 11 is 0. The molecule has 0 aliphatic carbocycles. The van der Waals surface area contributed by atoms with Gasteiger partial charge in [0.05, 0.1) is 6.10 Å². The molecule has 1 saturated heterocycles. The van der Waals surface area contributed by atoms with Gasteiger partial charge in [-0.3, -0.25) is 4.79 Å². The van der Waals surface area contributed by atoms with Gasteiger partial charge in [0.1, 0.15) is 5.82 Å². The SMILES string of the molecule is Cl.O=C(CCC1CCNC1)NCC(O)c1cccc(F)c1. The first-order valence-electron chi connectivity index (χ1n) is 7.06. The number of aliphatic hydroxyl groups is 1. The zero-order chi connectivity index (χ0) is 14.4. The minimum Gasteiger partial charge on any atom is -0.387 e. The summed E-state index contributed by atoms with van der Waals surface area (Å²) in [5.74, 6) is 0.128. The summed E-state index contributed by atoms with van der Waals surface area (Å²) in [4.78, 5) is 11.7. The molecule has 21 heavy (non-hydrogen) atoms. The van der Waals surface area contributed by atoms with E-state index in [-0.39, 0.29) is 30.7 Å². The van der Waals surface area contributed by atoms with Crippen LogP contribution in [0.25, 0.3) is 0 Å². The fourth-order valence-electron chi connectivity index (χ4n) is 2.43. The van der Waals surface area contributed by atoms with Crippen LogP contribution in [-0.2, 0) is 4.79 Å². The number of hydrogen-bond donors (Lipinski definition) is 3. The van der Waals surface area contributed by atoms with Crippen molar-refractivity contribution in [1.82, 2.24) is 10.6 Å². The molecule has 1 aromatic rings. The molecule has 2 rings (SSSR count). The van der Waals surface area contributed by atoms with Gasteiger partial charge in [-0.15, -0.1) is 12.4 Å². The van der Waals surface area contributed by atoms with Crippen molar-refractivity contribution in [3.05, 3.63) is 35.6 Å². The van der Waals surface area contributed by atoms with Gasteiger partial charge in [-0.2, -0.15) is 0 Å². The average Bonchev–Trinajstić information content (AvgIpc) is 2.95. The third-order valence-electron chi connectivity index (χ3n) is 3.67. The van der Waals surface area contributed by atoms with Gasteiger partial charge in [0.15, 0.2) is 0 Å². The topological polar surface area (TPSA) is 61.4 Å². The van der Waals surface area contributed by atoms with E-state index < -0.39 is 6.10 Å². The van der Waals surface area contributed by atoms with Crippen molar-refractivity contribution < 1.29 is 14.3 Å². The van der Waals surface area contributed by atoms with Crippen LogP contribution in [0.15, 0.2) is 24.3 Å². The molecule has 2 unspecified atom stereocenters. The van der Waals surface area contributed by atoms with E-state index >= 15 is 0 Å². The Morgan fingerprint density at radius 1 is 1.52 bits per heavy atom. The molecule has 1 aliphatic rings. The van der Waals surface area contributed by atoms with E-state index in [4.69, 9.17) is 0 Å². The number of carbonyl (C=O) groups excluding carboxylic acids is 1. The first-order valence-corrected chi connectivity index (χ1v) is 7.06. The Balaban J connectivity index is 0.00000220. The summed E-state index contributed by atoms with van der Waals surface area (Å²) in [6, 6.07) is 5.79. The maximum absolute atomic E-state index is 13.0. The lowest BCUT2D eigenvalue weighted by Gasteiger charge is -2.13. The van der Waals surface area contributed by atoms with Crippen molar-refractivity contribution in [3.8, 4) is 0 Å². The van der Waals surface area contributed by atoms with Gasteiger partial charge in [0.2, 0.25) is 5.91 Å². The third-order valence-corrected chi connectivity index (χ3v) is 3.67. The maximum Gasteiger partial charge on any atom is 0.220 e. The van der Waals surface area contributed by atoms with Crippen LogP contribution in [-0.4, -0.2) is 30.6 Å². The van der Waals surface area contributed by atoms with Gasteiger partial charge in [-0.05, 0) is 49.5 Å². The van der Waals surface area contributed by atoms with Crippen molar-refractivity contribution in [2.45, 2.75) is 25.4 Å². The summed E-state index contributed by atoms with van der Waals surface area (Å²) in [6.45, 7) is 2.13. The molecule has 0 radical (unpaired) electrons. The average molecular weight is 317 g/mol. The Labute approximate surface area is 130 Å². The number of benzene rings is 1. The van der Waals surface area contributed by atoms with Crippen LogP contribution in [0.4, 0.5) is 4.39 Å². The highest BCUT2D eigenvalue weighted by molar-refractivity contribution is 5.85. The van der Waals surface area contributed by atoms with Gasteiger partial charge in [0.25, 0.3) is 0 Å². The van der Waals surface area contributed by atoms with Gasteiger partial charge in [-0.1, -0.05) is 12.1 Å². The number of nitrogens with one attached hydrogen (secondary N) is 2. The molecule has 0 bridgehead atoms. The summed E-state index contributed by atoms with van der Waals surface area (Å²) in [5.41, 5.74) is 0.477. The van der Waals surface area contributed by atoms with Crippen molar-refractivity contribution in [1.29, 1.82) is 0 Å². The number of rotatable bonds is 6. The largest absolute Gasteiger partial charge is 0.387 e. The maximum atomic E-state index is 13.0. The Hall–Kier alpha value is -1.17. The van der Waals surface area contributed by atoms with Crippen LogP contribution in [0.1, 0.15) is 30.9 Å². The van der Waals surface area contributed by atoms with E-state index in [1.165, 1.54) is 12.1 Å². The molecule has 6 heteroatoms. The molecule has 0 spiro atoms. The van der Waals surface area contributed by atoms with Crippen LogP contribution in [0.3, 0.4) is 0 Å². The van der Waals surface area contributed by atoms with Crippen molar-refractivity contribution in [2.24, 2.45) is 5.92 Å². The molecule has 118 valence electrons. The van der Waals surface area contributed by atoms with E-state index in [9.17, 15) is 14.3 Å². The third kappa shape index (κ3) is 5.99. The van der Waals surface area contributed by atoms with Gasteiger partial charge >= 0.3 is 0 Å². The predicted octanol–water partition coefficient (Wildman–Crippen LogP) is 1.79. The fraction of sp³-hybridized carbons (Fsp3) is 0.533.